The minimum Gasteiger partial charge on any atom is -0.371 e. The second kappa shape index (κ2) is 8.86. The van der Waals surface area contributed by atoms with Crippen LogP contribution in [0, 0.1) is 5.92 Å². The number of benzene rings is 1. The SMILES string of the molecule is CC(C)n1cc([C@@H]2OCC[C@H]2NC(=O)NCC2CCN(c3ccccc3)C2)cn1. The molecule has 7 heteroatoms. The van der Waals surface area contributed by atoms with Crippen molar-refractivity contribution in [1.82, 2.24) is 20.4 Å². The highest BCUT2D eigenvalue weighted by Gasteiger charge is 2.32. The summed E-state index contributed by atoms with van der Waals surface area (Å²) in [7, 11) is 0. The third-order valence-corrected chi connectivity index (χ3v) is 5.85. The molecule has 2 aliphatic rings. The molecule has 2 fully saturated rings. The number of para-hydroxylation sites is 1. The van der Waals surface area contributed by atoms with Crippen molar-refractivity contribution >= 4 is 11.7 Å². The minimum atomic E-state index is -0.131. The molecule has 2 N–H and O–H groups in total. The molecule has 0 radical (unpaired) electrons. The van der Waals surface area contributed by atoms with Crippen LogP contribution in [-0.4, -0.2) is 48.1 Å². The van der Waals surface area contributed by atoms with Gasteiger partial charge in [-0.25, -0.2) is 4.79 Å². The molecular formula is C22H31N5O2. The molecule has 1 unspecified atom stereocenters. The van der Waals surface area contributed by atoms with E-state index in [2.05, 4.69) is 58.7 Å². The van der Waals surface area contributed by atoms with E-state index in [1.165, 1.54) is 5.69 Å². The van der Waals surface area contributed by atoms with Gasteiger partial charge >= 0.3 is 6.03 Å². The molecule has 3 heterocycles. The average molecular weight is 398 g/mol. The standard InChI is InChI=1S/C22H31N5O2/c1-16(2)27-15-18(13-24-27)21-20(9-11-29-21)25-22(28)23-12-17-8-10-26(14-17)19-6-4-3-5-7-19/h3-7,13,15-17,20-21H,8-12,14H2,1-2H3,(H2,23,25,28)/t17?,20-,21+/m1/s1. The fourth-order valence-corrected chi connectivity index (χ4v) is 4.18. The largest absolute Gasteiger partial charge is 0.371 e. The van der Waals surface area contributed by atoms with Gasteiger partial charge < -0.3 is 20.3 Å². The van der Waals surface area contributed by atoms with E-state index < -0.39 is 0 Å². The van der Waals surface area contributed by atoms with E-state index in [0.29, 0.717) is 25.1 Å². The minimum absolute atomic E-state index is 0.0239. The maximum Gasteiger partial charge on any atom is 0.315 e. The van der Waals surface area contributed by atoms with Gasteiger partial charge in [-0.1, -0.05) is 18.2 Å². The van der Waals surface area contributed by atoms with Crippen LogP contribution in [0.3, 0.4) is 0 Å². The number of urea groups is 1. The van der Waals surface area contributed by atoms with Crippen molar-refractivity contribution in [2.75, 3.05) is 31.1 Å². The molecule has 1 aromatic carbocycles. The molecule has 0 spiro atoms. The molecule has 0 bridgehead atoms. The zero-order valence-corrected chi connectivity index (χ0v) is 17.3. The van der Waals surface area contributed by atoms with Gasteiger partial charge in [-0.2, -0.15) is 5.10 Å². The summed E-state index contributed by atoms with van der Waals surface area (Å²) in [4.78, 5) is 14.9. The van der Waals surface area contributed by atoms with Crippen molar-refractivity contribution in [2.45, 2.75) is 44.9 Å². The highest BCUT2D eigenvalue weighted by atomic mass is 16.5. The summed E-state index contributed by atoms with van der Waals surface area (Å²) in [5, 5.41) is 10.6. The molecular weight excluding hydrogens is 366 g/mol. The van der Waals surface area contributed by atoms with Gasteiger partial charge in [0.15, 0.2) is 0 Å². The summed E-state index contributed by atoms with van der Waals surface area (Å²) in [6.07, 6.45) is 5.64. The maximum absolute atomic E-state index is 12.5. The number of carbonyl (C=O) groups excluding carboxylic acids is 1. The maximum atomic E-state index is 12.5. The van der Waals surface area contributed by atoms with Gasteiger partial charge in [0.05, 0.1) is 12.2 Å². The first-order chi connectivity index (χ1) is 14.1. The number of hydrogen-bond acceptors (Lipinski definition) is 4. The van der Waals surface area contributed by atoms with Gasteiger partial charge in [0, 0.05) is 49.7 Å². The van der Waals surface area contributed by atoms with Crippen LogP contribution in [0.2, 0.25) is 0 Å². The number of ether oxygens (including phenoxy) is 1. The quantitative estimate of drug-likeness (QED) is 0.786. The summed E-state index contributed by atoms with van der Waals surface area (Å²) >= 11 is 0. The average Bonchev–Trinajstić information content (AvgIpc) is 3.47. The second-order valence-corrected chi connectivity index (χ2v) is 8.32. The van der Waals surface area contributed by atoms with E-state index in [4.69, 9.17) is 4.74 Å². The Hall–Kier alpha value is -2.54. The Kier molecular flexibility index (Phi) is 6.04. The van der Waals surface area contributed by atoms with Crippen molar-refractivity contribution in [3.63, 3.8) is 0 Å². The van der Waals surface area contributed by atoms with Crippen molar-refractivity contribution in [3.05, 3.63) is 48.3 Å². The molecule has 2 aromatic rings. The van der Waals surface area contributed by atoms with E-state index in [1.807, 2.05) is 23.1 Å². The lowest BCUT2D eigenvalue weighted by Crippen LogP contribution is -2.44. The van der Waals surface area contributed by atoms with Crippen LogP contribution in [0.5, 0.6) is 0 Å². The summed E-state index contributed by atoms with van der Waals surface area (Å²) in [5.74, 6) is 0.473. The molecule has 4 rings (SSSR count). The number of nitrogens with one attached hydrogen (secondary N) is 2. The Balaban J connectivity index is 1.25. The number of anilines is 1. The summed E-state index contributed by atoms with van der Waals surface area (Å²) in [5.41, 5.74) is 2.28. The first kappa shape index (κ1) is 19.8. The van der Waals surface area contributed by atoms with E-state index in [1.54, 1.807) is 0 Å². The van der Waals surface area contributed by atoms with Gasteiger partial charge in [0.25, 0.3) is 0 Å². The molecule has 0 aliphatic carbocycles. The molecule has 2 aliphatic heterocycles. The highest BCUT2D eigenvalue weighted by molar-refractivity contribution is 5.74. The fraction of sp³-hybridized carbons (Fsp3) is 0.545. The van der Waals surface area contributed by atoms with E-state index in [-0.39, 0.29) is 18.2 Å². The van der Waals surface area contributed by atoms with Crippen LogP contribution in [-0.2, 0) is 4.74 Å². The molecule has 0 saturated carbocycles. The van der Waals surface area contributed by atoms with Gasteiger partial charge in [-0.15, -0.1) is 0 Å². The summed E-state index contributed by atoms with van der Waals surface area (Å²) < 4.78 is 7.81. The summed E-state index contributed by atoms with van der Waals surface area (Å²) in [6, 6.07) is 10.6. The van der Waals surface area contributed by atoms with Crippen LogP contribution in [0.1, 0.15) is 44.4 Å². The van der Waals surface area contributed by atoms with E-state index >= 15 is 0 Å². The predicted octanol–water partition coefficient (Wildman–Crippen LogP) is 3.12. The normalized spacial score (nSPS) is 24.2. The van der Waals surface area contributed by atoms with Crippen molar-refractivity contribution in [1.29, 1.82) is 0 Å². The first-order valence-electron chi connectivity index (χ1n) is 10.6. The molecule has 3 atom stereocenters. The second-order valence-electron chi connectivity index (χ2n) is 8.32. The lowest BCUT2D eigenvalue weighted by atomic mass is 10.1. The predicted molar refractivity (Wildman–Crippen MR) is 113 cm³/mol. The molecule has 29 heavy (non-hydrogen) atoms. The smallest absolute Gasteiger partial charge is 0.315 e. The monoisotopic (exact) mass is 397 g/mol. The van der Waals surface area contributed by atoms with Crippen molar-refractivity contribution < 1.29 is 9.53 Å². The van der Waals surface area contributed by atoms with Gasteiger partial charge in [0.1, 0.15) is 6.10 Å². The topological polar surface area (TPSA) is 71.4 Å². The van der Waals surface area contributed by atoms with Gasteiger partial charge in [-0.3, -0.25) is 4.68 Å². The van der Waals surface area contributed by atoms with Crippen molar-refractivity contribution in [3.8, 4) is 0 Å². The number of rotatable bonds is 6. The fourth-order valence-electron chi connectivity index (χ4n) is 4.18. The number of aromatic nitrogens is 2. The molecule has 7 nitrogen and oxygen atoms in total. The highest BCUT2D eigenvalue weighted by Crippen LogP contribution is 2.29. The zero-order valence-electron chi connectivity index (χ0n) is 17.3. The van der Waals surface area contributed by atoms with Crippen LogP contribution in [0.15, 0.2) is 42.7 Å². The third kappa shape index (κ3) is 4.72. The van der Waals surface area contributed by atoms with Gasteiger partial charge in [0.2, 0.25) is 0 Å². The number of amides is 2. The van der Waals surface area contributed by atoms with Gasteiger partial charge in [-0.05, 0) is 44.7 Å². The molecule has 2 saturated heterocycles. The third-order valence-electron chi connectivity index (χ3n) is 5.85. The van der Waals surface area contributed by atoms with Crippen LogP contribution in [0.4, 0.5) is 10.5 Å². The molecule has 156 valence electrons. The Morgan fingerprint density at radius 2 is 2.10 bits per heavy atom. The number of hydrogen-bond donors (Lipinski definition) is 2. The Morgan fingerprint density at radius 1 is 1.28 bits per heavy atom. The van der Waals surface area contributed by atoms with Crippen LogP contribution >= 0.6 is 0 Å². The first-order valence-corrected chi connectivity index (χ1v) is 10.6. The molecule has 1 aromatic heterocycles. The lowest BCUT2D eigenvalue weighted by molar-refractivity contribution is 0.0998. The zero-order chi connectivity index (χ0) is 20.2. The summed E-state index contributed by atoms with van der Waals surface area (Å²) in [6.45, 7) is 7.55. The number of carbonyl (C=O) groups is 1. The van der Waals surface area contributed by atoms with E-state index in [0.717, 1.165) is 31.5 Å². The molecule has 2 amide bonds. The Morgan fingerprint density at radius 3 is 2.86 bits per heavy atom. The van der Waals surface area contributed by atoms with Crippen LogP contribution in [0.25, 0.3) is 0 Å². The van der Waals surface area contributed by atoms with E-state index in [9.17, 15) is 4.79 Å². The lowest BCUT2D eigenvalue weighted by Gasteiger charge is -2.21. The number of nitrogens with zero attached hydrogens (tertiary/aromatic N) is 3. The van der Waals surface area contributed by atoms with Crippen LogP contribution < -0.4 is 15.5 Å². The van der Waals surface area contributed by atoms with Crippen molar-refractivity contribution in [2.24, 2.45) is 5.92 Å². The Bertz CT molecular complexity index is 807. The Labute approximate surface area is 172 Å².